The predicted molar refractivity (Wildman–Crippen MR) is 108 cm³/mol. The van der Waals surface area contributed by atoms with E-state index in [2.05, 4.69) is 44.9 Å². The van der Waals surface area contributed by atoms with E-state index in [-0.39, 0.29) is 11.6 Å². The lowest BCUT2D eigenvalue weighted by Crippen LogP contribution is -2.46. The molecule has 5 heteroatoms. The number of aliphatic imine (C=N–C) groups is 1. The summed E-state index contributed by atoms with van der Waals surface area (Å²) in [6.07, 6.45) is 5.76. The van der Waals surface area contributed by atoms with Crippen molar-refractivity contribution in [2.24, 2.45) is 4.99 Å². The SMILES string of the molecule is CN=C(NCc1cccc(C)n1)NC1CC2(CCCC2)Oc2ccccc21. The van der Waals surface area contributed by atoms with Gasteiger partial charge in [0.15, 0.2) is 5.96 Å². The molecule has 0 bridgehead atoms. The summed E-state index contributed by atoms with van der Waals surface area (Å²) in [5.74, 6) is 1.81. The summed E-state index contributed by atoms with van der Waals surface area (Å²) in [5, 5.41) is 7.03. The van der Waals surface area contributed by atoms with E-state index in [0.717, 1.165) is 42.4 Å². The fraction of sp³-hybridized carbons (Fsp3) is 0.455. The van der Waals surface area contributed by atoms with Gasteiger partial charge < -0.3 is 15.4 Å². The number of aromatic nitrogens is 1. The van der Waals surface area contributed by atoms with Crippen LogP contribution in [-0.4, -0.2) is 23.6 Å². The van der Waals surface area contributed by atoms with Gasteiger partial charge in [0.25, 0.3) is 0 Å². The van der Waals surface area contributed by atoms with Crippen molar-refractivity contribution in [3.05, 3.63) is 59.4 Å². The number of hydrogen-bond donors (Lipinski definition) is 2. The van der Waals surface area contributed by atoms with Crippen LogP contribution in [0.5, 0.6) is 5.75 Å². The average molecular weight is 364 g/mol. The first-order valence-electron chi connectivity index (χ1n) is 9.85. The molecule has 1 aromatic carbocycles. The zero-order chi connectivity index (χ0) is 18.7. The van der Waals surface area contributed by atoms with Crippen molar-refractivity contribution in [3.8, 4) is 5.75 Å². The maximum Gasteiger partial charge on any atom is 0.191 e. The fourth-order valence-electron chi connectivity index (χ4n) is 4.30. The van der Waals surface area contributed by atoms with Crippen molar-refractivity contribution < 1.29 is 4.74 Å². The van der Waals surface area contributed by atoms with Crippen molar-refractivity contribution in [1.82, 2.24) is 15.6 Å². The molecule has 2 heterocycles. The molecule has 0 radical (unpaired) electrons. The molecule has 1 aromatic heterocycles. The maximum absolute atomic E-state index is 6.46. The highest BCUT2D eigenvalue weighted by atomic mass is 16.5. The summed E-state index contributed by atoms with van der Waals surface area (Å²) in [4.78, 5) is 8.99. The van der Waals surface area contributed by atoms with Crippen LogP contribution in [0.4, 0.5) is 0 Å². The number of fused-ring (bicyclic) bond motifs is 1. The van der Waals surface area contributed by atoms with Crippen LogP contribution in [-0.2, 0) is 6.54 Å². The normalized spacial score (nSPS) is 20.8. The summed E-state index contributed by atoms with van der Waals surface area (Å²) in [5.41, 5.74) is 3.23. The number of rotatable bonds is 3. The van der Waals surface area contributed by atoms with Crippen molar-refractivity contribution >= 4 is 5.96 Å². The van der Waals surface area contributed by atoms with Gasteiger partial charge in [-0.2, -0.15) is 0 Å². The van der Waals surface area contributed by atoms with Crippen LogP contribution < -0.4 is 15.4 Å². The van der Waals surface area contributed by atoms with Crippen LogP contribution >= 0.6 is 0 Å². The summed E-state index contributed by atoms with van der Waals surface area (Å²) in [7, 11) is 1.82. The smallest absolute Gasteiger partial charge is 0.191 e. The predicted octanol–water partition coefficient (Wildman–Crippen LogP) is 3.89. The largest absolute Gasteiger partial charge is 0.487 e. The van der Waals surface area contributed by atoms with Crippen molar-refractivity contribution in [1.29, 1.82) is 0 Å². The number of ether oxygens (including phenoxy) is 1. The lowest BCUT2D eigenvalue weighted by Gasteiger charge is -2.40. The van der Waals surface area contributed by atoms with Crippen molar-refractivity contribution in [2.75, 3.05) is 7.05 Å². The second-order valence-corrected chi connectivity index (χ2v) is 7.63. The Morgan fingerprint density at radius 2 is 2.00 bits per heavy atom. The molecule has 0 amide bonds. The molecular formula is C22H28N4O. The number of guanidine groups is 1. The lowest BCUT2D eigenvalue weighted by molar-refractivity contribution is 0.0396. The first-order valence-corrected chi connectivity index (χ1v) is 9.85. The highest BCUT2D eigenvalue weighted by Gasteiger charge is 2.43. The van der Waals surface area contributed by atoms with Crippen molar-refractivity contribution in [2.45, 2.75) is 57.2 Å². The first-order chi connectivity index (χ1) is 13.2. The van der Waals surface area contributed by atoms with Crippen LogP contribution in [0.1, 0.15) is 55.1 Å². The molecule has 1 saturated carbocycles. The molecule has 2 aromatic rings. The maximum atomic E-state index is 6.46. The fourth-order valence-corrected chi connectivity index (χ4v) is 4.30. The highest BCUT2D eigenvalue weighted by molar-refractivity contribution is 5.80. The number of benzene rings is 1. The second-order valence-electron chi connectivity index (χ2n) is 7.63. The van der Waals surface area contributed by atoms with E-state index in [1.54, 1.807) is 0 Å². The van der Waals surface area contributed by atoms with Gasteiger partial charge in [-0.25, -0.2) is 0 Å². The lowest BCUT2D eigenvalue weighted by atomic mass is 9.86. The van der Waals surface area contributed by atoms with Gasteiger partial charge in [-0.15, -0.1) is 0 Å². The van der Waals surface area contributed by atoms with Gasteiger partial charge in [0.1, 0.15) is 11.4 Å². The van der Waals surface area contributed by atoms with E-state index in [9.17, 15) is 0 Å². The second kappa shape index (κ2) is 7.59. The van der Waals surface area contributed by atoms with Gasteiger partial charge in [0.2, 0.25) is 0 Å². The van der Waals surface area contributed by atoms with Crippen LogP contribution in [0.15, 0.2) is 47.5 Å². The molecule has 1 aliphatic carbocycles. The number of nitrogens with zero attached hydrogens (tertiary/aromatic N) is 2. The minimum absolute atomic E-state index is 0.0248. The molecule has 1 spiro atoms. The third kappa shape index (κ3) is 3.92. The minimum atomic E-state index is -0.0248. The molecule has 0 saturated heterocycles. The molecule has 1 fully saturated rings. The Kier molecular flexibility index (Phi) is 5.01. The number of pyridine rings is 1. The summed E-state index contributed by atoms with van der Waals surface area (Å²) < 4.78 is 6.46. The summed E-state index contributed by atoms with van der Waals surface area (Å²) >= 11 is 0. The number of nitrogens with one attached hydrogen (secondary N) is 2. The molecule has 2 aliphatic rings. The molecule has 1 unspecified atom stereocenters. The van der Waals surface area contributed by atoms with Crippen LogP contribution in [0.3, 0.4) is 0 Å². The third-order valence-electron chi connectivity index (χ3n) is 5.63. The Bertz CT molecular complexity index is 827. The molecule has 27 heavy (non-hydrogen) atoms. The highest BCUT2D eigenvalue weighted by Crippen LogP contribution is 2.46. The Morgan fingerprint density at radius 1 is 1.19 bits per heavy atom. The number of para-hydroxylation sites is 1. The first kappa shape index (κ1) is 17.8. The van der Waals surface area contributed by atoms with Gasteiger partial charge in [-0.05, 0) is 50.8 Å². The Morgan fingerprint density at radius 3 is 2.78 bits per heavy atom. The molecule has 1 atom stereocenters. The standard InChI is InChI=1S/C22H28N4O/c1-16-8-7-9-17(25-16)15-24-21(23-2)26-19-14-22(12-5-6-13-22)27-20-11-4-3-10-18(19)20/h3-4,7-11,19H,5-6,12-15H2,1-2H3,(H2,23,24,26). The summed E-state index contributed by atoms with van der Waals surface area (Å²) in [6, 6.07) is 14.7. The van der Waals surface area contributed by atoms with E-state index in [1.807, 2.05) is 32.2 Å². The van der Waals surface area contributed by atoms with Gasteiger partial charge in [0.05, 0.1) is 18.3 Å². The van der Waals surface area contributed by atoms with E-state index in [0.29, 0.717) is 6.54 Å². The van der Waals surface area contributed by atoms with Crippen LogP contribution in [0.2, 0.25) is 0 Å². The Labute approximate surface area is 161 Å². The van der Waals surface area contributed by atoms with Gasteiger partial charge in [-0.3, -0.25) is 9.98 Å². The van der Waals surface area contributed by atoms with Gasteiger partial charge in [-0.1, -0.05) is 24.3 Å². The van der Waals surface area contributed by atoms with E-state index >= 15 is 0 Å². The zero-order valence-corrected chi connectivity index (χ0v) is 16.2. The van der Waals surface area contributed by atoms with Gasteiger partial charge in [0, 0.05) is 24.7 Å². The third-order valence-corrected chi connectivity index (χ3v) is 5.63. The van der Waals surface area contributed by atoms with Crippen molar-refractivity contribution in [3.63, 3.8) is 0 Å². The van der Waals surface area contributed by atoms with E-state index in [1.165, 1.54) is 18.4 Å². The average Bonchev–Trinajstić information content (AvgIpc) is 3.12. The molecular weight excluding hydrogens is 336 g/mol. The quantitative estimate of drug-likeness (QED) is 0.641. The van der Waals surface area contributed by atoms with Crippen LogP contribution in [0.25, 0.3) is 0 Å². The zero-order valence-electron chi connectivity index (χ0n) is 16.2. The Hall–Kier alpha value is -2.56. The van der Waals surface area contributed by atoms with Gasteiger partial charge >= 0.3 is 0 Å². The molecule has 142 valence electrons. The summed E-state index contributed by atoms with van der Waals surface area (Å²) in [6.45, 7) is 2.66. The number of aryl methyl sites for hydroxylation is 1. The monoisotopic (exact) mass is 364 g/mol. The molecule has 4 rings (SSSR count). The Balaban J connectivity index is 1.49. The van der Waals surface area contributed by atoms with E-state index in [4.69, 9.17) is 4.74 Å². The van der Waals surface area contributed by atoms with Crippen LogP contribution in [0, 0.1) is 6.92 Å². The molecule has 2 N–H and O–H groups in total. The molecule has 1 aliphatic heterocycles. The topological polar surface area (TPSA) is 58.5 Å². The van der Waals surface area contributed by atoms with E-state index < -0.39 is 0 Å². The molecule has 5 nitrogen and oxygen atoms in total. The number of hydrogen-bond acceptors (Lipinski definition) is 3. The minimum Gasteiger partial charge on any atom is -0.487 e.